The van der Waals surface area contributed by atoms with Gasteiger partial charge in [-0.2, -0.15) is 0 Å². The minimum absolute atomic E-state index is 0.241. The molecule has 3 aromatic carbocycles. The zero-order chi connectivity index (χ0) is 21.7. The first kappa shape index (κ1) is 21.6. The molecule has 0 aliphatic rings. The first-order chi connectivity index (χ1) is 14.4. The van der Waals surface area contributed by atoms with Gasteiger partial charge in [0.2, 0.25) is 0 Å². The molecule has 0 atom stereocenters. The molecule has 0 aliphatic heterocycles. The average molecular weight is 468 g/mol. The highest BCUT2D eigenvalue weighted by Crippen LogP contribution is 2.37. The van der Waals surface area contributed by atoms with Gasteiger partial charge in [-0.15, -0.1) is 0 Å². The first-order valence-electron chi connectivity index (χ1n) is 9.31. The van der Waals surface area contributed by atoms with E-state index < -0.39 is 5.97 Å². The third-order valence-corrected chi connectivity index (χ3v) is 5.14. The summed E-state index contributed by atoms with van der Waals surface area (Å²) in [5.74, 6) is 0.197. The second-order valence-corrected chi connectivity index (χ2v) is 7.73. The summed E-state index contributed by atoms with van der Waals surface area (Å²) in [4.78, 5) is 15.6. The predicted molar refractivity (Wildman–Crippen MR) is 122 cm³/mol. The molecule has 3 rings (SSSR count). The van der Waals surface area contributed by atoms with Gasteiger partial charge in [0.25, 0.3) is 0 Å². The van der Waals surface area contributed by atoms with E-state index in [2.05, 4.69) is 33.1 Å². The Labute approximate surface area is 184 Å². The molecule has 0 bridgehead atoms. The second kappa shape index (κ2) is 9.59. The van der Waals surface area contributed by atoms with Crippen molar-refractivity contribution in [2.75, 3.05) is 7.11 Å². The van der Waals surface area contributed by atoms with Crippen LogP contribution in [0.4, 0.5) is 5.69 Å². The van der Waals surface area contributed by atoms with Crippen molar-refractivity contribution in [3.05, 3.63) is 86.9 Å². The number of carboxylic acids is 1. The normalized spacial score (nSPS) is 10.9. The molecule has 0 radical (unpaired) electrons. The Morgan fingerprint density at radius 2 is 1.83 bits per heavy atom. The summed E-state index contributed by atoms with van der Waals surface area (Å²) in [6.07, 6.45) is 1.80. The van der Waals surface area contributed by atoms with Crippen molar-refractivity contribution >= 4 is 33.8 Å². The Balaban J connectivity index is 1.79. The largest absolute Gasteiger partial charge is 0.493 e. The number of halogens is 1. The summed E-state index contributed by atoms with van der Waals surface area (Å²) in [6.45, 7) is 4.35. The topological polar surface area (TPSA) is 68.1 Å². The number of carboxylic acid groups (broad SMARTS) is 1. The molecule has 0 unspecified atom stereocenters. The lowest BCUT2D eigenvalue weighted by atomic mass is 10.1. The van der Waals surface area contributed by atoms with Crippen molar-refractivity contribution in [1.82, 2.24) is 0 Å². The van der Waals surface area contributed by atoms with Gasteiger partial charge in [0.05, 0.1) is 22.8 Å². The summed E-state index contributed by atoms with van der Waals surface area (Å²) in [7, 11) is 1.59. The van der Waals surface area contributed by atoms with Gasteiger partial charge in [0, 0.05) is 6.21 Å². The third-order valence-electron chi connectivity index (χ3n) is 4.55. The van der Waals surface area contributed by atoms with Gasteiger partial charge in [-0.05, 0) is 82.4 Å². The lowest BCUT2D eigenvalue weighted by Gasteiger charge is -2.14. The van der Waals surface area contributed by atoms with E-state index in [9.17, 15) is 4.79 Å². The molecule has 5 nitrogen and oxygen atoms in total. The fraction of sp³-hybridized carbons (Fsp3) is 0.167. The Kier molecular flexibility index (Phi) is 6.90. The molecule has 0 heterocycles. The van der Waals surface area contributed by atoms with Crippen LogP contribution in [0.1, 0.15) is 32.6 Å². The standard InChI is InChI=1S/C24H22BrNO4/c1-15-4-5-16(2)21(10-15)26-13-18-11-20(25)23(22(12-18)29-3)30-14-17-6-8-19(9-7-17)24(27)28/h4-13H,14H2,1-3H3,(H,27,28). The van der Waals surface area contributed by atoms with Crippen LogP contribution in [0, 0.1) is 13.8 Å². The van der Waals surface area contributed by atoms with Crippen LogP contribution >= 0.6 is 15.9 Å². The van der Waals surface area contributed by atoms with E-state index in [4.69, 9.17) is 14.6 Å². The van der Waals surface area contributed by atoms with E-state index in [0.717, 1.165) is 32.4 Å². The molecule has 0 aromatic heterocycles. The Hall–Kier alpha value is -3.12. The highest BCUT2D eigenvalue weighted by Gasteiger charge is 2.12. The number of benzene rings is 3. The van der Waals surface area contributed by atoms with E-state index in [1.807, 2.05) is 32.0 Å². The fourth-order valence-corrected chi connectivity index (χ4v) is 3.43. The lowest BCUT2D eigenvalue weighted by molar-refractivity contribution is 0.0697. The Morgan fingerprint density at radius 3 is 2.50 bits per heavy atom. The van der Waals surface area contributed by atoms with Crippen molar-refractivity contribution in [2.45, 2.75) is 20.5 Å². The van der Waals surface area contributed by atoms with Crippen LogP contribution in [0.2, 0.25) is 0 Å². The van der Waals surface area contributed by atoms with Crippen LogP contribution < -0.4 is 9.47 Å². The van der Waals surface area contributed by atoms with E-state index in [1.165, 1.54) is 0 Å². The van der Waals surface area contributed by atoms with Gasteiger partial charge < -0.3 is 14.6 Å². The molecule has 0 saturated carbocycles. The van der Waals surface area contributed by atoms with Gasteiger partial charge >= 0.3 is 5.97 Å². The summed E-state index contributed by atoms with van der Waals surface area (Å²) in [6, 6.07) is 16.5. The molecule has 0 saturated heterocycles. The van der Waals surface area contributed by atoms with Crippen molar-refractivity contribution in [3.63, 3.8) is 0 Å². The molecule has 0 amide bonds. The minimum Gasteiger partial charge on any atom is -0.493 e. The van der Waals surface area contributed by atoms with E-state index >= 15 is 0 Å². The van der Waals surface area contributed by atoms with Gasteiger partial charge in [0.1, 0.15) is 6.61 Å². The summed E-state index contributed by atoms with van der Waals surface area (Å²) < 4.78 is 12.2. The van der Waals surface area contributed by atoms with Crippen LogP contribution in [0.5, 0.6) is 11.5 Å². The number of rotatable bonds is 7. The number of nitrogens with zero attached hydrogens (tertiary/aromatic N) is 1. The predicted octanol–water partition coefficient (Wildman–Crippen LogP) is 6.10. The maximum Gasteiger partial charge on any atom is 0.335 e. The van der Waals surface area contributed by atoms with Crippen LogP contribution in [0.15, 0.2) is 64.1 Å². The summed E-state index contributed by atoms with van der Waals surface area (Å²) in [5.41, 5.74) is 5.16. The van der Waals surface area contributed by atoms with Crippen molar-refractivity contribution in [1.29, 1.82) is 0 Å². The van der Waals surface area contributed by atoms with Crippen LogP contribution in [-0.2, 0) is 6.61 Å². The number of hydrogen-bond acceptors (Lipinski definition) is 4. The molecule has 0 fully saturated rings. The summed E-state index contributed by atoms with van der Waals surface area (Å²) >= 11 is 3.55. The molecule has 6 heteroatoms. The fourth-order valence-electron chi connectivity index (χ4n) is 2.86. The van der Waals surface area contributed by atoms with Crippen LogP contribution in [0.3, 0.4) is 0 Å². The van der Waals surface area contributed by atoms with Crippen molar-refractivity contribution in [2.24, 2.45) is 4.99 Å². The first-order valence-corrected chi connectivity index (χ1v) is 10.1. The molecule has 3 aromatic rings. The molecule has 154 valence electrons. The highest BCUT2D eigenvalue weighted by molar-refractivity contribution is 9.10. The zero-order valence-electron chi connectivity index (χ0n) is 17.0. The number of aryl methyl sites for hydroxylation is 2. The average Bonchev–Trinajstić information content (AvgIpc) is 2.73. The minimum atomic E-state index is -0.954. The molecule has 0 aliphatic carbocycles. The molecule has 1 N–H and O–H groups in total. The lowest BCUT2D eigenvalue weighted by Crippen LogP contribution is -2.01. The van der Waals surface area contributed by atoms with Crippen LogP contribution in [-0.4, -0.2) is 24.4 Å². The number of aliphatic imine (C=N–C) groups is 1. The summed E-state index contributed by atoms with van der Waals surface area (Å²) in [5, 5.41) is 8.99. The molecular weight excluding hydrogens is 446 g/mol. The number of hydrogen-bond donors (Lipinski definition) is 1. The smallest absolute Gasteiger partial charge is 0.335 e. The zero-order valence-corrected chi connectivity index (χ0v) is 18.6. The molecule has 0 spiro atoms. The monoisotopic (exact) mass is 467 g/mol. The second-order valence-electron chi connectivity index (χ2n) is 6.87. The maximum absolute atomic E-state index is 11.0. The highest BCUT2D eigenvalue weighted by atomic mass is 79.9. The SMILES string of the molecule is COc1cc(C=Nc2cc(C)ccc2C)cc(Br)c1OCc1ccc(C(=O)O)cc1. The Bertz CT molecular complexity index is 1090. The quantitative estimate of drug-likeness (QED) is 0.426. The van der Waals surface area contributed by atoms with Crippen molar-refractivity contribution < 1.29 is 19.4 Å². The van der Waals surface area contributed by atoms with E-state index in [1.54, 1.807) is 37.6 Å². The Morgan fingerprint density at radius 1 is 1.10 bits per heavy atom. The number of carbonyl (C=O) groups is 1. The van der Waals surface area contributed by atoms with Gasteiger partial charge in [-0.1, -0.05) is 24.3 Å². The van der Waals surface area contributed by atoms with Gasteiger partial charge in [0.15, 0.2) is 11.5 Å². The third kappa shape index (κ3) is 5.27. The van der Waals surface area contributed by atoms with Crippen LogP contribution in [0.25, 0.3) is 0 Å². The van der Waals surface area contributed by atoms with Gasteiger partial charge in [-0.25, -0.2) is 4.79 Å². The molecular formula is C24H22BrNO4. The van der Waals surface area contributed by atoms with E-state index in [0.29, 0.717) is 11.5 Å². The maximum atomic E-state index is 11.0. The van der Waals surface area contributed by atoms with Gasteiger partial charge in [-0.3, -0.25) is 4.99 Å². The van der Waals surface area contributed by atoms with Crippen molar-refractivity contribution in [3.8, 4) is 11.5 Å². The number of ether oxygens (including phenoxy) is 2. The molecule has 30 heavy (non-hydrogen) atoms. The van der Waals surface area contributed by atoms with E-state index in [-0.39, 0.29) is 12.2 Å². The number of methoxy groups -OCH3 is 1. The number of aromatic carboxylic acids is 1.